The van der Waals surface area contributed by atoms with E-state index in [4.69, 9.17) is 0 Å². The molecular weight excluding hydrogens is 260 g/mol. The maximum atomic E-state index is 12.3. The van der Waals surface area contributed by atoms with Crippen LogP contribution < -0.4 is 5.32 Å². The van der Waals surface area contributed by atoms with Gasteiger partial charge in [-0.15, -0.1) is 0 Å². The first-order chi connectivity index (χ1) is 9.06. The van der Waals surface area contributed by atoms with Gasteiger partial charge in [0.2, 0.25) is 11.8 Å². The summed E-state index contributed by atoms with van der Waals surface area (Å²) in [7, 11) is 0. The van der Waals surface area contributed by atoms with Gasteiger partial charge in [0, 0.05) is 17.3 Å². The van der Waals surface area contributed by atoms with Gasteiger partial charge in [-0.05, 0) is 31.9 Å². The van der Waals surface area contributed by atoms with Gasteiger partial charge in [-0.25, -0.2) is 0 Å². The minimum Gasteiger partial charge on any atom is -0.304 e. The Kier molecular flexibility index (Phi) is 4.56. The highest BCUT2D eigenvalue weighted by atomic mass is 32.2. The van der Waals surface area contributed by atoms with Crippen molar-refractivity contribution in [3.8, 4) is 0 Å². The molecule has 1 saturated carbocycles. The van der Waals surface area contributed by atoms with Crippen LogP contribution in [0, 0.1) is 0 Å². The first-order valence-electron chi connectivity index (χ1n) is 7.21. The molecule has 108 valence electrons. The van der Waals surface area contributed by atoms with Crippen molar-refractivity contribution in [2.24, 2.45) is 0 Å². The average molecular weight is 284 g/mol. The smallest absolute Gasteiger partial charge is 0.247 e. The van der Waals surface area contributed by atoms with Crippen LogP contribution in [0.15, 0.2) is 0 Å². The summed E-state index contributed by atoms with van der Waals surface area (Å²) in [6.45, 7) is 4.90. The summed E-state index contributed by atoms with van der Waals surface area (Å²) in [6.07, 6.45) is 6.57. The Balaban J connectivity index is 1.94. The molecule has 1 unspecified atom stereocenters. The third kappa shape index (κ3) is 2.97. The van der Waals surface area contributed by atoms with Crippen LogP contribution in [-0.4, -0.2) is 46.3 Å². The van der Waals surface area contributed by atoms with Crippen molar-refractivity contribution in [2.75, 3.05) is 12.8 Å². The standard InChI is InChI=1S/C14H24N2O2S/c1-4-10(5-2)16-12(17)8-11(13(16)18)15-9-14(19-3)6-7-14/h10-11,15H,4-9H2,1-3H3. The molecule has 0 aromatic rings. The van der Waals surface area contributed by atoms with Gasteiger partial charge in [0.05, 0.1) is 12.5 Å². The Hall–Kier alpha value is -0.550. The fourth-order valence-corrected chi connectivity index (χ4v) is 3.49. The molecule has 1 aliphatic heterocycles. The Morgan fingerprint density at radius 2 is 2.00 bits per heavy atom. The van der Waals surface area contributed by atoms with Crippen molar-refractivity contribution in [2.45, 2.75) is 62.8 Å². The van der Waals surface area contributed by atoms with Crippen LogP contribution >= 0.6 is 11.8 Å². The predicted molar refractivity (Wildman–Crippen MR) is 78.1 cm³/mol. The summed E-state index contributed by atoms with van der Waals surface area (Å²) in [5.74, 6) is -0.0270. The number of hydrogen-bond donors (Lipinski definition) is 1. The van der Waals surface area contributed by atoms with Gasteiger partial charge in [-0.2, -0.15) is 11.8 Å². The van der Waals surface area contributed by atoms with Gasteiger partial charge in [-0.3, -0.25) is 14.5 Å². The molecule has 2 amide bonds. The Bertz CT molecular complexity index is 364. The third-order valence-electron chi connectivity index (χ3n) is 4.40. The van der Waals surface area contributed by atoms with Crippen molar-refractivity contribution in [1.82, 2.24) is 10.2 Å². The van der Waals surface area contributed by atoms with E-state index in [2.05, 4.69) is 11.6 Å². The number of hydrogen-bond acceptors (Lipinski definition) is 4. The Labute approximate surface area is 119 Å². The summed E-state index contributed by atoms with van der Waals surface area (Å²) >= 11 is 1.87. The number of carbonyl (C=O) groups is 2. The van der Waals surface area contributed by atoms with Crippen molar-refractivity contribution in [3.63, 3.8) is 0 Å². The lowest BCUT2D eigenvalue weighted by Gasteiger charge is -2.24. The molecule has 0 bridgehead atoms. The molecule has 1 atom stereocenters. The first kappa shape index (κ1) is 14.9. The monoisotopic (exact) mass is 284 g/mol. The van der Waals surface area contributed by atoms with Crippen LogP contribution in [-0.2, 0) is 9.59 Å². The van der Waals surface area contributed by atoms with E-state index in [1.54, 1.807) is 0 Å². The zero-order valence-corrected chi connectivity index (χ0v) is 12.9. The van der Waals surface area contributed by atoms with Gasteiger partial charge in [-0.1, -0.05) is 13.8 Å². The van der Waals surface area contributed by atoms with Crippen LogP contribution in [0.2, 0.25) is 0 Å². The third-order valence-corrected chi connectivity index (χ3v) is 5.82. The molecule has 5 heteroatoms. The van der Waals surface area contributed by atoms with Crippen molar-refractivity contribution in [1.29, 1.82) is 0 Å². The van der Waals surface area contributed by atoms with Gasteiger partial charge < -0.3 is 5.32 Å². The van der Waals surface area contributed by atoms with Crippen LogP contribution in [0.4, 0.5) is 0 Å². The molecule has 2 rings (SSSR count). The summed E-state index contributed by atoms with van der Waals surface area (Å²) in [5.41, 5.74) is 0. The van der Waals surface area contributed by atoms with E-state index in [0.717, 1.165) is 19.4 Å². The lowest BCUT2D eigenvalue weighted by molar-refractivity contribution is -0.141. The molecule has 0 radical (unpaired) electrons. The highest BCUT2D eigenvalue weighted by Gasteiger charge is 2.45. The molecule has 2 aliphatic rings. The normalized spacial score (nSPS) is 25.5. The fraction of sp³-hybridized carbons (Fsp3) is 0.857. The van der Waals surface area contributed by atoms with E-state index < -0.39 is 0 Å². The number of likely N-dealkylation sites (tertiary alicyclic amines) is 1. The molecule has 1 saturated heterocycles. The quantitative estimate of drug-likeness (QED) is 0.724. The maximum absolute atomic E-state index is 12.3. The van der Waals surface area contributed by atoms with E-state index in [0.29, 0.717) is 11.2 Å². The van der Waals surface area contributed by atoms with E-state index in [-0.39, 0.29) is 23.9 Å². The van der Waals surface area contributed by atoms with Gasteiger partial charge >= 0.3 is 0 Å². The number of nitrogens with zero attached hydrogens (tertiary/aromatic N) is 1. The summed E-state index contributed by atoms with van der Waals surface area (Å²) < 4.78 is 0.325. The Morgan fingerprint density at radius 3 is 2.47 bits per heavy atom. The lowest BCUT2D eigenvalue weighted by atomic mass is 10.1. The van der Waals surface area contributed by atoms with E-state index in [1.807, 2.05) is 25.6 Å². The number of nitrogens with one attached hydrogen (secondary N) is 1. The SMILES string of the molecule is CCC(CC)N1C(=O)CC(NCC2(SC)CC2)C1=O. The first-order valence-corrected chi connectivity index (χ1v) is 8.43. The van der Waals surface area contributed by atoms with E-state index >= 15 is 0 Å². The van der Waals surface area contributed by atoms with Gasteiger partial charge in [0.25, 0.3) is 0 Å². The van der Waals surface area contributed by atoms with Gasteiger partial charge in [0.15, 0.2) is 0 Å². The second-order valence-electron chi connectivity index (χ2n) is 5.60. The second-order valence-corrected chi connectivity index (χ2v) is 6.87. The van der Waals surface area contributed by atoms with Crippen molar-refractivity contribution < 1.29 is 9.59 Å². The number of carbonyl (C=O) groups excluding carboxylic acids is 2. The Morgan fingerprint density at radius 1 is 1.37 bits per heavy atom. The molecule has 0 aromatic carbocycles. The highest BCUT2D eigenvalue weighted by Crippen LogP contribution is 2.46. The minimum atomic E-state index is -0.294. The zero-order chi connectivity index (χ0) is 14.0. The summed E-state index contributed by atoms with van der Waals surface area (Å²) in [5, 5.41) is 3.32. The topological polar surface area (TPSA) is 49.4 Å². The van der Waals surface area contributed by atoms with Crippen molar-refractivity contribution >= 4 is 23.6 Å². The predicted octanol–water partition coefficient (Wildman–Crippen LogP) is 1.79. The number of thioether (sulfide) groups is 1. The lowest BCUT2D eigenvalue weighted by Crippen LogP contribution is -2.45. The molecule has 1 heterocycles. The fourth-order valence-electron chi connectivity index (χ4n) is 2.75. The molecule has 1 N–H and O–H groups in total. The van der Waals surface area contributed by atoms with E-state index in [1.165, 1.54) is 17.7 Å². The summed E-state index contributed by atoms with van der Waals surface area (Å²) in [6, 6.07) is -0.222. The van der Waals surface area contributed by atoms with Crippen LogP contribution in [0.25, 0.3) is 0 Å². The molecule has 0 aromatic heterocycles. The van der Waals surface area contributed by atoms with Crippen molar-refractivity contribution in [3.05, 3.63) is 0 Å². The van der Waals surface area contributed by atoms with Gasteiger partial charge in [0.1, 0.15) is 0 Å². The van der Waals surface area contributed by atoms with Crippen LogP contribution in [0.1, 0.15) is 46.0 Å². The molecule has 0 spiro atoms. The maximum Gasteiger partial charge on any atom is 0.247 e. The second kappa shape index (κ2) is 5.83. The number of imide groups is 1. The molecule has 19 heavy (non-hydrogen) atoms. The molecular formula is C14H24N2O2S. The number of rotatable bonds is 7. The molecule has 4 nitrogen and oxygen atoms in total. The van der Waals surface area contributed by atoms with E-state index in [9.17, 15) is 9.59 Å². The van der Waals surface area contributed by atoms with Crippen LogP contribution in [0.5, 0.6) is 0 Å². The highest BCUT2D eigenvalue weighted by molar-refractivity contribution is 8.00. The average Bonchev–Trinajstić information content (AvgIpc) is 3.14. The number of amides is 2. The molecule has 1 aliphatic carbocycles. The zero-order valence-electron chi connectivity index (χ0n) is 12.1. The van der Waals surface area contributed by atoms with Crippen LogP contribution in [0.3, 0.4) is 0 Å². The minimum absolute atomic E-state index is 0.00908. The summed E-state index contributed by atoms with van der Waals surface area (Å²) in [4.78, 5) is 25.9. The molecule has 2 fully saturated rings. The largest absolute Gasteiger partial charge is 0.304 e.